The summed E-state index contributed by atoms with van der Waals surface area (Å²) in [5, 5.41) is 17.8. The number of hydrogen-bond donors (Lipinski definition) is 4. The molecule has 8 heteroatoms. The lowest BCUT2D eigenvalue weighted by Crippen LogP contribution is -2.35. The van der Waals surface area contributed by atoms with Crippen molar-refractivity contribution < 1.29 is 24.2 Å². The van der Waals surface area contributed by atoms with Crippen molar-refractivity contribution in [1.82, 2.24) is 10.6 Å². The van der Waals surface area contributed by atoms with E-state index in [1.807, 2.05) is 6.07 Å². The zero-order valence-electron chi connectivity index (χ0n) is 17.3. The van der Waals surface area contributed by atoms with Crippen molar-refractivity contribution in [2.45, 2.75) is 39.3 Å². The van der Waals surface area contributed by atoms with E-state index in [0.29, 0.717) is 5.69 Å². The van der Waals surface area contributed by atoms with Crippen LogP contribution in [0.25, 0.3) is 0 Å². The van der Waals surface area contributed by atoms with Crippen LogP contribution in [0.5, 0.6) is 5.75 Å². The second-order valence-corrected chi connectivity index (χ2v) is 7.63. The predicted octanol–water partition coefficient (Wildman–Crippen LogP) is 3.18. The van der Waals surface area contributed by atoms with Gasteiger partial charge in [-0.15, -0.1) is 0 Å². The van der Waals surface area contributed by atoms with Crippen LogP contribution >= 0.6 is 0 Å². The van der Waals surface area contributed by atoms with Gasteiger partial charge >= 0.3 is 6.09 Å². The number of alkyl carbamates (subject to hydrolysis) is 1. The van der Waals surface area contributed by atoms with Crippen molar-refractivity contribution in [2.75, 3.05) is 11.9 Å². The van der Waals surface area contributed by atoms with Crippen LogP contribution in [0.3, 0.4) is 0 Å². The standard InChI is InChI=1S/C22H27N3O5/c1-22(2,3)30-21(29)23-12-11-19(27)24-14-15-7-6-8-16(13-15)25-20(28)17-9-4-5-10-18(17)26/h4-10,13,26H,11-12,14H2,1-3H3,(H,23,29)(H,24,27)(H,25,28). The monoisotopic (exact) mass is 413 g/mol. The van der Waals surface area contributed by atoms with Gasteiger partial charge in [0.1, 0.15) is 11.4 Å². The van der Waals surface area contributed by atoms with E-state index in [-0.39, 0.29) is 36.7 Å². The van der Waals surface area contributed by atoms with Gasteiger partial charge < -0.3 is 25.8 Å². The first kappa shape index (κ1) is 22.7. The maximum Gasteiger partial charge on any atom is 0.407 e. The predicted molar refractivity (Wildman–Crippen MR) is 113 cm³/mol. The molecule has 0 radical (unpaired) electrons. The smallest absolute Gasteiger partial charge is 0.407 e. The molecule has 2 rings (SSSR count). The molecule has 0 spiro atoms. The lowest BCUT2D eigenvalue weighted by Gasteiger charge is -2.19. The minimum Gasteiger partial charge on any atom is -0.507 e. The first-order chi connectivity index (χ1) is 14.1. The zero-order valence-corrected chi connectivity index (χ0v) is 17.3. The van der Waals surface area contributed by atoms with Crippen LogP contribution in [0, 0.1) is 0 Å². The number of hydrogen-bond acceptors (Lipinski definition) is 5. The van der Waals surface area contributed by atoms with Crippen molar-refractivity contribution in [3.05, 3.63) is 59.7 Å². The minimum atomic E-state index is -0.591. The van der Waals surface area contributed by atoms with Gasteiger partial charge in [0.15, 0.2) is 0 Å². The number of carbonyl (C=O) groups excluding carboxylic acids is 3. The Morgan fingerprint density at radius 3 is 2.43 bits per heavy atom. The highest BCUT2D eigenvalue weighted by atomic mass is 16.6. The lowest BCUT2D eigenvalue weighted by atomic mass is 10.1. The van der Waals surface area contributed by atoms with Crippen molar-refractivity contribution in [2.24, 2.45) is 0 Å². The third-order valence-electron chi connectivity index (χ3n) is 3.84. The molecule has 2 aromatic carbocycles. The number of nitrogens with one attached hydrogen (secondary N) is 3. The Morgan fingerprint density at radius 1 is 1.00 bits per heavy atom. The van der Waals surface area contributed by atoms with E-state index in [9.17, 15) is 19.5 Å². The number of amides is 3. The summed E-state index contributed by atoms with van der Waals surface area (Å²) < 4.78 is 5.10. The normalized spacial score (nSPS) is 10.8. The maximum atomic E-state index is 12.3. The average molecular weight is 413 g/mol. The van der Waals surface area contributed by atoms with Gasteiger partial charge in [0.05, 0.1) is 5.56 Å². The molecule has 0 fully saturated rings. The van der Waals surface area contributed by atoms with Gasteiger partial charge in [-0.2, -0.15) is 0 Å². The third kappa shape index (κ3) is 7.83. The molecule has 0 bridgehead atoms. The Bertz CT molecular complexity index is 906. The molecule has 2 aromatic rings. The Hall–Kier alpha value is -3.55. The molecule has 4 N–H and O–H groups in total. The summed E-state index contributed by atoms with van der Waals surface area (Å²) in [6, 6.07) is 13.3. The van der Waals surface area contributed by atoms with Crippen LogP contribution in [0.15, 0.2) is 48.5 Å². The Balaban J connectivity index is 1.80. The van der Waals surface area contributed by atoms with Crippen LogP contribution in [-0.2, 0) is 16.1 Å². The number of phenols is 1. The fourth-order valence-corrected chi connectivity index (χ4v) is 2.50. The highest BCUT2D eigenvalue weighted by Gasteiger charge is 2.16. The zero-order chi connectivity index (χ0) is 22.1. The summed E-state index contributed by atoms with van der Waals surface area (Å²) in [7, 11) is 0. The quantitative estimate of drug-likeness (QED) is 0.556. The highest BCUT2D eigenvalue weighted by Crippen LogP contribution is 2.18. The van der Waals surface area contributed by atoms with E-state index in [2.05, 4.69) is 16.0 Å². The molecule has 0 saturated carbocycles. The fourth-order valence-electron chi connectivity index (χ4n) is 2.50. The molecule has 0 aliphatic rings. The molecule has 0 heterocycles. The molecule has 0 saturated heterocycles. The number of benzene rings is 2. The molecule has 0 aliphatic carbocycles. The molecule has 30 heavy (non-hydrogen) atoms. The number of aromatic hydroxyl groups is 1. The average Bonchev–Trinajstić information content (AvgIpc) is 2.65. The van der Waals surface area contributed by atoms with Crippen molar-refractivity contribution in [3.63, 3.8) is 0 Å². The van der Waals surface area contributed by atoms with E-state index in [1.165, 1.54) is 12.1 Å². The summed E-state index contributed by atoms with van der Waals surface area (Å²) in [5.74, 6) is -0.754. The van der Waals surface area contributed by atoms with Crippen LogP contribution < -0.4 is 16.0 Å². The van der Waals surface area contributed by atoms with Gasteiger partial charge in [0, 0.05) is 25.2 Å². The number of phenolic OH excluding ortho intramolecular Hbond substituents is 1. The summed E-state index contributed by atoms with van der Waals surface area (Å²) in [5.41, 5.74) is 0.917. The minimum absolute atomic E-state index is 0.0987. The van der Waals surface area contributed by atoms with Gasteiger partial charge in [-0.1, -0.05) is 24.3 Å². The van der Waals surface area contributed by atoms with Crippen molar-refractivity contribution >= 4 is 23.6 Å². The Labute approximate surface area is 175 Å². The molecule has 160 valence electrons. The van der Waals surface area contributed by atoms with Gasteiger partial charge in [-0.25, -0.2) is 4.79 Å². The van der Waals surface area contributed by atoms with E-state index >= 15 is 0 Å². The maximum absolute atomic E-state index is 12.3. The van der Waals surface area contributed by atoms with Gasteiger partial charge in [-0.3, -0.25) is 9.59 Å². The van der Waals surface area contributed by atoms with E-state index in [0.717, 1.165) is 5.56 Å². The van der Waals surface area contributed by atoms with Crippen LogP contribution in [0.4, 0.5) is 10.5 Å². The lowest BCUT2D eigenvalue weighted by molar-refractivity contribution is -0.121. The molecule has 0 atom stereocenters. The fraction of sp³-hybridized carbons (Fsp3) is 0.318. The topological polar surface area (TPSA) is 117 Å². The van der Waals surface area contributed by atoms with E-state index in [1.54, 1.807) is 51.1 Å². The Morgan fingerprint density at radius 2 is 1.73 bits per heavy atom. The first-order valence-electron chi connectivity index (χ1n) is 9.56. The van der Waals surface area contributed by atoms with E-state index in [4.69, 9.17) is 4.74 Å². The van der Waals surface area contributed by atoms with Crippen molar-refractivity contribution in [3.8, 4) is 5.75 Å². The highest BCUT2D eigenvalue weighted by molar-refractivity contribution is 6.06. The second-order valence-electron chi connectivity index (χ2n) is 7.63. The molecular weight excluding hydrogens is 386 g/mol. The summed E-state index contributed by atoms with van der Waals surface area (Å²) in [4.78, 5) is 35.8. The SMILES string of the molecule is CC(C)(C)OC(=O)NCCC(=O)NCc1cccc(NC(=O)c2ccccc2O)c1. The first-order valence-corrected chi connectivity index (χ1v) is 9.56. The number of anilines is 1. The molecule has 3 amide bonds. The van der Waals surface area contributed by atoms with Gasteiger partial charge in [-0.05, 0) is 50.6 Å². The number of para-hydroxylation sites is 1. The molecule has 8 nitrogen and oxygen atoms in total. The molecular formula is C22H27N3O5. The Kier molecular flexibility index (Phi) is 7.80. The van der Waals surface area contributed by atoms with Crippen LogP contribution in [-0.4, -0.2) is 35.2 Å². The second kappa shape index (κ2) is 10.3. The molecule has 0 aliphatic heterocycles. The molecule has 0 aromatic heterocycles. The van der Waals surface area contributed by atoms with E-state index < -0.39 is 17.6 Å². The summed E-state index contributed by atoms with van der Waals surface area (Å²) in [6.07, 6.45) is -0.452. The summed E-state index contributed by atoms with van der Waals surface area (Å²) >= 11 is 0. The molecule has 0 unspecified atom stereocenters. The number of ether oxygens (including phenoxy) is 1. The summed E-state index contributed by atoms with van der Waals surface area (Å²) in [6.45, 7) is 5.72. The number of rotatable bonds is 7. The largest absolute Gasteiger partial charge is 0.507 e. The van der Waals surface area contributed by atoms with Crippen LogP contribution in [0.2, 0.25) is 0 Å². The van der Waals surface area contributed by atoms with Gasteiger partial charge in [0.25, 0.3) is 5.91 Å². The van der Waals surface area contributed by atoms with Crippen LogP contribution in [0.1, 0.15) is 43.1 Å². The number of carbonyl (C=O) groups is 3. The van der Waals surface area contributed by atoms with Crippen molar-refractivity contribution in [1.29, 1.82) is 0 Å². The van der Waals surface area contributed by atoms with Gasteiger partial charge in [0.2, 0.25) is 5.91 Å². The third-order valence-corrected chi connectivity index (χ3v) is 3.84.